The van der Waals surface area contributed by atoms with Gasteiger partial charge in [0.05, 0.1) is 49.8 Å². The predicted octanol–water partition coefficient (Wildman–Crippen LogP) is 4.86. The van der Waals surface area contributed by atoms with Gasteiger partial charge in [0.25, 0.3) is 0 Å². The smallest absolute Gasteiger partial charge is 0.338 e. The Morgan fingerprint density at radius 3 is 1.15 bits per heavy atom. The molecule has 2 aromatic carbocycles. The van der Waals surface area contributed by atoms with Crippen molar-refractivity contribution in [2.45, 2.75) is 134 Å². The first-order valence-electron chi connectivity index (χ1n) is 18.6. The molecule has 2 aliphatic rings. The number of aliphatic hydroxyl groups is 3. The Balaban J connectivity index is 1.15. The Hall–Kier alpha value is -2.90. The zero-order chi connectivity index (χ0) is 38.3. The van der Waals surface area contributed by atoms with Crippen LogP contribution in [0.5, 0.6) is 0 Å². The van der Waals surface area contributed by atoms with Crippen molar-refractivity contribution in [2.75, 3.05) is 39.5 Å². The zero-order valence-corrected chi connectivity index (χ0v) is 32.4. The first-order chi connectivity index (χ1) is 24.3. The normalized spacial score (nSPS) is 22.3. The molecule has 290 valence electrons. The largest absolute Gasteiger partial charge is 0.459 e. The molecule has 2 unspecified atom stereocenters. The molecule has 0 radical (unpaired) electrons. The molecule has 2 saturated heterocycles. The maximum absolute atomic E-state index is 12.7. The highest BCUT2D eigenvalue weighted by Crippen LogP contribution is 2.41. The summed E-state index contributed by atoms with van der Waals surface area (Å²) in [7, 11) is 0. The van der Waals surface area contributed by atoms with Crippen molar-refractivity contribution in [3.63, 3.8) is 0 Å². The number of hydrogen-bond donors (Lipinski definition) is 3. The van der Waals surface area contributed by atoms with Crippen molar-refractivity contribution in [1.82, 2.24) is 9.80 Å². The minimum Gasteiger partial charge on any atom is -0.459 e. The van der Waals surface area contributed by atoms with Gasteiger partial charge in [-0.2, -0.15) is 0 Å². The molecule has 11 nitrogen and oxygen atoms in total. The van der Waals surface area contributed by atoms with Crippen molar-refractivity contribution in [3.8, 4) is 0 Å². The zero-order valence-electron chi connectivity index (χ0n) is 32.4. The third kappa shape index (κ3) is 11.5. The van der Waals surface area contributed by atoms with E-state index in [1.54, 1.807) is 24.3 Å². The summed E-state index contributed by atoms with van der Waals surface area (Å²) in [6, 6.07) is 18.0. The van der Waals surface area contributed by atoms with Gasteiger partial charge in [-0.25, -0.2) is 9.59 Å². The molecule has 2 aliphatic heterocycles. The molecule has 0 aromatic heterocycles. The maximum Gasteiger partial charge on any atom is 0.338 e. The summed E-state index contributed by atoms with van der Waals surface area (Å²) >= 11 is 0. The van der Waals surface area contributed by atoms with Crippen molar-refractivity contribution in [1.29, 1.82) is 0 Å². The van der Waals surface area contributed by atoms with Crippen LogP contribution in [0.1, 0.15) is 102 Å². The summed E-state index contributed by atoms with van der Waals surface area (Å²) in [5, 5.41) is 32.3. The van der Waals surface area contributed by atoms with Crippen LogP contribution >= 0.6 is 0 Å². The highest BCUT2D eigenvalue weighted by atomic mass is 16.5. The van der Waals surface area contributed by atoms with Crippen LogP contribution < -0.4 is 0 Å². The molecule has 2 heterocycles. The van der Waals surface area contributed by atoms with Crippen LogP contribution in [0.15, 0.2) is 60.7 Å². The summed E-state index contributed by atoms with van der Waals surface area (Å²) < 4.78 is 23.1. The van der Waals surface area contributed by atoms with Crippen LogP contribution in [0.4, 0.5) is 0 Å². The Labute approximate surface area is 310 Å². The third-order valence-corrected chi connectivity index (χ3v) is 10.4. The van der Waals surface area contributed by atoms with Crippen LogP contribution in [-0.2, 0) is 18.9 Å². The van der Waals surface area contributed by atoms with E-state index in [2.05, 4.69) is 65.2 Å². The maximum atomic E-state index is 12.7. The number of esters is 2. The first-order valence-corrected chi connectivity index (χ1v) is 18.6. The van der Waals surface area contributed by atoms with Crippen molar-refractivity contribution >= 4 is 11.9 Å². The molecule has 52 heavy (non-hydrogen) atoms. The lowest BCUT2D eigenvalue weighted by Crippen LogP contribution is -2.64. The second-order valence-electron chi connectivity index (χ2n) is 17.1. The van der Waals surface area contributed by atoms with E-state index in [1.807, 2.05) is 36.4 Å². The topological polar surface area (TPSA) is 138 Å². The molecule has 0 spiro atoms. The molecule has 4 rings (SSSR count). The number of hydrogen-bond acceptors (Lipinski definition) is 11. The number of carbonyl (C=O) groups excluding carboxylic acids is 2. The lowest BCUT2D eigenvalue weighted by atomic mass is 9.77. The van der Waals surface area contributed by atoms with Gasteiger partial charge in [0.1, 0.15) is 18.3 Å². The quantitative estimate of drug-likeness (QED) is 0.205. The van der Waals surface area contributed by atoms with Gasteiger partial charge in [0.15, 0.2) is 0 Å². The second-order valence-corrected chi connectivity index (χ2v) is 17.1. The average molecular weight is 727 g/mol. The second kappa shape index (κ2) is 17.5. The lowest BCUT2D eigenvalue weighted by Gasteiger charge is -2.55. The van der Waals surface area contributed by atoms with Gasteiger partial charge in [-0.1, -0.05) is 36.4 Å². The molecule has 2 fully saturated rings. The number of rotatable bonds is 16. The van der Waals surface area contributed by atoms with Gasteiger partial charge in [0.2, 0.25) is 0 Å². The third-order valence-electron chi connectivity index (χ3n) is 10.4. The summed E-state index contributed by atoms with van der Waals surface area (Å²) in [6.45, 7) is 17.5. The number of benzene rings is 2. The van der Waals surface area contributed by atoms with Crippen molar-refractivity contribution < 1.29 is 43.9 Å². The minimum atomic E-state index is -0.926. The number of β-amino-alcohol motifs (C(OH)–C–C–N with tert-alkyl or cyclic N) is 2. The first kappa shape index (κ1) is 41.9. The van der Waals surface area contributed by atoms with E-state index in [0.717, 1.165) is 0 Å². The Morgan fingerprint density at radius 2 is 0.846 bits per heavy atom. The number of nitrogens with zero attached hydrogens (tertiary/aromatic N) is 2. The fourth-order valence-electron chi connectivity index (χ4n) is 8.45. The van der Waals surface area contributed by atoms with Crippen LogP contribution in [0, 0.1) is 0 Å². The minimum absolute atomic E-state index is 0.0211. The predicted molar refractivity (Wildman–Crippen MR) is 199 cm³/mol. The van der Waals surface area contributed by atoms with E-state index < -0.39 is 18.3 Å². The molecule has 0 saturated carbocycles. The van der Waals surface area contributed by atoms with Gasteiger partial charge in [-0.3, -0.25) is 9.80 Å². The molecule has 0 aliphatic carbocycles. The molecule has 2 aromatic rings. The van der Waals surface area contributed by atoms with Crippen LogP contribution in [0.2, 0.25) is 0 Å². The molecular weight excluding hydrogens is 664 g/mol. The van der Waals surface area contributed by atoms with Gasteiger partial charge in [-0.05, 0) is 79.7 Å². The fourth-order valence-corrected chi connectivity index (χ4v) is 8.45. The molecule has 0 bridgehead atoms. The van der Waals surface area contributed by atoms with E-state index >= 15 is 0 Å². The average Bonchev–Trinajstić information content (AvgIpc) is 3.04. The van der Waals surface area contributed by atoms with E-state index in [0.29, 0.717) is 49.9 Å². The number of aliphatic hydroxyl groups excluding tert-OH is 3. The van der Waals surface area contributed by atoms with Gasteiger partial charge in [-0.15, -0.1) is 0 Å². The Kier molecular flexibility index (Phi) is 14.1. The van der Waals surface area contributed by atoms with Gasteiger partial charge in [0, 0.05) is 60.9 Å². The van der Waals surface area contributed by atoms with Crippen LogP contribution in [-0.4, -0.2) is 129 Å². The summed E-state index contributed by atoms with van der Waals surface area (Å²) in [4.78, 5) is 29.9. The summed E-state index contributed by atoms with van der Waals surface area (Å²) in [5.41, 5.74) is -0.353. The SMILES string of the molecule is CC1(C)CC(OC(=O)c2ccccc2)CC(C)(C)N1CC(O)COCC(O)COCC(O)CN1C(C)(C)CC(OC(=O)c2ccccc2)CC1(C)C. The Bertz CT molecular complexity index is 1290. The van der Waals surface area contributed by atoms with E-state index in [9.17, 15) is 24.9 Å². The molecule has 3 N–H and O–H groups in total. The standard InChI is InChI=1S/C41H62N2O9/c1-38(2)19-34(51-36(47)29-15-11-9-12-16-29)20-39(3,4)42(38)23-31(44)25-49-27-33(46)28-50-26-32(45)24-43-40(5,6)21-35(22-41(43,7)8)52-37(48)30-17-13-10-14-18-30/h9-18,31-35,44-46H,19-28H2,1-8H3. The highest BCUT2D eigenvalue weighted by Gasteiger charge is 2.48. The van der Waals surface area contributed by atoms with Crippen LogP contribution in [0.3, 0.4) is 0 Å². The molecule has 0 amide bonds. The van der Waals surface area contributed by atoms with Gasteiger partial charge < -0.3 is 34.3 Å². The monoisotopic (exact) mass is 726 g/mol. The highest BCUT2D eigenvalue weighted by molar-refractivity contribution is 5.89. The molecule has 2 atom stereocenters. The number of carbonyl (C=O) groups is 2. The van der Waals surface area contributed by atoms with E-state index in [1.165, 1.54) is 0 Å². The fraction of sp³-hybridized carbons (Fsp3) is 0.659. The van der Waals surface area contributed by atoms with Crippen molar-refractivity contribution in [3.05, 3.63) is 71.8 Å². The number of likely N-dealkylation sites (tertiary alicyclic amines) is 2. The van der Waals surface area contributed by atoms with Gasteiger partial charge >= 0.3 is 11.9 Å². The number of piperidine rings is 2. The van der Waals surface area contributed by atoms with Crippen LogP contribution in [0.25, 0.3) is 0 Å². The van der Waals surface area contributed by atoms with E-state index in [-0.39, 0.29) is 72.7 Å². The summed E-state index contributed by atoms with van der Waals surface area (Å²) in [5.74, 6) is -0.658. The Morgan fingerprint density at radius 1 is 0.558 bits per heavy atom. The molecule has 11 heteroatoms. The summed E-state index contributed by atoms with van der Waals surface area (Å²) in [6.07, 6.45) is -0.515. The molecular formula is C41H62N2O9. The van der Waals surface area contributed by atoms with Crippen molar-refractivity contribution in [2.24, 2.45) is 0 Å². The lowest BCUT2D eigenvalue weighted by molar-refractivity contribution is -0.115. The van der Waals surface area contributed by atoms with E-state index in [4.69, 9.17) is 18.9 Å². The number of ether oxygens (including phenoxy) is 4.